The molecule has 19 heavy (non-hydrogen) atoms. The maximum atomic E-state index is 12.2. The molecule has 0 radical (unpaired) electrons. The van der Waals surface area contributed by atoms with E-state index in [1.165, 1.54) is 4.90 Å². The van der Waals surface area contributed by atoms with Gasteiger partial charge in [-0.3, -0.25) is 9.59 Å². The van der Waals surface area contributed by atoms with Crippen molar-refractivity contribution >= 4 is 11.9 Å². The fraction of sp³-hybridized carbons (Fsp3) is 0.333. The average Bonchev–Trinajstić information content (AvgIpc) is 3.18. The maximum Gasteiger partial charge on any atom is 0.323 e. The summed E-state index contributed by atoms with van der Waals surface area (Å²) in [5, 5.41) is 8.78. The van der Waals surface area contributed by atoms with Crippen molar-refractivity contribution in [1.82, 2.24) is 4.90 Å². The Morgan fingerprint density at radius 1 is 1.37 bits per heavy atom. The van der Waals surface area contributed by atoms with E-state index in [4.69, 9.17) is 11.5 Å². The first-order valence-electron chi connectivity index (χ1n) is 6.12. The molecule has 1 aromatic rings. The molecule has 1 aliphatic rings. The van der Waals surface area contributed by atoms with Gasteiger partial charge in [-0.15, -0.1) is 6.42 Å². The molecule has 0 aromatic heterocycles. The summed E-state index contributed by atoms with van der Waals surface area (Å²) in [5.41, 5.74) is 1.12. The average molecular weight is 257 g/mol. The quantitative estimate of drug-likeness (QED) is 0.810. The van der Waals surface area contributed by atoms with E-state index in [-0.39, 0.29) is 30.8 Å². The minimum atomic E-state index is -1.04. The van der Waals surface area contributed by atoms with Gasteiger partial charge in [-0.05, 0) is 17.9 Å². The molecule has 1 fully saturated rings. The van der Waals surface area contributed by atoms with Gasteiger partial charge < -0.3 is 10.0 Å². The molecule has 1 amide bonds. The first-order valence-corrected chi connectivity index (χ1v) is 6.12. The van der Waals surface area contributed by atoms with Crippen LogP contribution in [0.4, 0.5) is 0 Å². The zero-order valence-electron chi connectivity index (χ0n) is 10.5. The highest BCUT2D eigenvalue weighted by Gasteiger charge is 2.45. The molecule has 0 bridgehead atoms. The number of carbonyl (C=O) groups is 2. The van der Waals surface area contributed by atoms with Crippen molar-refractivity contribution in [3.63, 3.8) is 0 Å². The highest BCUT2D eigenvalue weighted by molar-refractivity contribution is 5.86. The number of benzene rings is 1. The number of aliphatic carboxylic acids is 1. The topological polar surface area (TPSA) is 57.6 Å². The lowest BCUT2D eigenvalue weighted by molar-refractivity contribution is -0.144. The van der Waals surface area contributed by atoms with Crippen molar-refractivity contribution in [2.45, 2.75) is 12.3 Å². The minimum absolute atomic E-state index is 0.0448. The van der Waals surface area contributed by atoms with Crippen LogP contribution in [0, 0.1) is 18.3 Å². The van der Waals surface area contributed by atoms with Crippen LogP contribution < -0.4 is 0 Å². The number of hydrogen-bond donors (Lipinski definition) is 1. The van der Waals surface area contributed by atoms with Crippen LogP contribution in [-0.4, -0.2) is 35.0 Å². The Kier molecular flexibility index (Phi) is 3.86. The molecular formula is C15H15NO3. The van der Waals surface area contributed by atoms with Crippen LogP contribution in [0.1, 0.15) is 17.9 Å². The number of carboxylic acids is 1. The molecule has 1 aliphatic carbocycles. The lowest BCUT2D eigenvalue weighted by Crippen LogP contribution is -2.37. The summed E-state index contributed by atoms with van der Waals surface area (Å²) in [6.45, 7) is -0.288. The van der Waals surface area contributed by atoms with Crippen LogP contribution in [0.25, 0.3) is 0 Å². The van der Waals surface area contributed by atoms with Crippen LogP contribution in [0.2, 0.25) is 0 Å². The van der Waals surface area contributed by atoms with E-state index in [2.05, 4.69) is 5.92 Å². The zero-order chi connectivity index (χ0) is 13.8. The molecular weight excluding hydrogens is 242 g/mol. The summed E-state index contributed by atoms with van der Waals surface area (Å²) < 4.78 is 0. The second-order valence-corrected chi connectivity index (χ2v) is 4.65. The van der Waals surface area contributed by atoms with Crippen molar-refractivity contribution in [2.75, 3.05) is 13.1 Å². The van der Waals surface area contributed by atoms with Crippen molar-refractivity contribution in [3.05, 3.63) is 35.9 Å². The third-order valence-electron chi connectivity index (χ3n) is 3.26. The molecule has 2 atom stereocenters. The third kappa shape index (κ3) is 3.14. The van der Waals surface area contributed by atoms with E-state index >= 15 is 0 Å². The monoisotopic (exact) mass is 257 g/mol. The van der Waals surface area contributed by atoms with Gasteiger partial charge in [0.05, 0.1) is 6.54 Å². The molecule has 98 valence electrons. The number of amides is 1. The predicted molar refractivity (Wildman–Crippen MR) is 70.3 cm³/mol. The second-order valence-electron chi connectivity index (χ2n) is 4.65. The molecule has 0 saturated heterocycles. The Morgan fingerprint density at radius 3 is 2.63 bits per heavy atom. The third-order valence-corrected chi connectivity index (χ3v) is 3.26. The van der Waals surface area contributed by atoms with Gasteiger partial charge in [-0.1, -0.05) is 36.3 Å². The maximum absolute atomic E-state index is 12.2. The molecule has 1 aromatic carbocycles. The lowest BCUT2D eigenvalue weighted by Gasteiger charge is -2.17. The van der Waals surface area contributed by atoms with E-state index in [9.17, 15) is 9.59 Å². The Morgan fingerprint density at radius 2 is 2.05 bits per heavy atom. The number of carboxylic acid groups (broad SMARTS) is 1. The number of carbonyl (C=O) groups excluding carboxylic acids is 1. The molecule has 2 rings (SSSR count). The first-order chi connectivity index (χ1) is 9.13. The fourth-order valence-corrected chi connectivity index (χ4v) is 2.26. The molecule has 4 nitrogen and oxygen atoms in total. The normalized spacial score (nSPS) is 20.4. The molecule has 4 heteroatoms. The highest BCUT2D eigenvalue weighted by Crippen LogP contribution is 2.48. The molecule has 0 aliphatic heterocycles. The van der Waals surface area contributed by atoms with E-state index in [1.54, 1.807) is 0 Å². The number of terminal acetylenes is 1. The van der Waals surface area contributed by atoms with Gasteiger partial charge >= 0.3 is 5.97 Å². The number of nitrogens with zero attached hydrogens (tertiary/aromatic N) is 1. The van der Waals surface area contributed by atoms with Crippen molar-refractivity contribution in [2.24, 2.45) is 5.92 Å². The molecule has 1 saturated carbocycles. The van der Waals surface area contributed by atoms with Crippen LogP contribution in [0.3, 0.4) is 0 Å². The highest BCUT2D eigenvalue weighted by atomic mass is 16.4. The smallest absolute Gasteiger partial charge is 0.323 e. The van der Waals surface area contributed by atoms with Gasteiger partial charge in [0.25, 0.3) is 0 Å². The van der Waals surface area contributed by atoms with Crippen LogP contribution in [-0.2, 0) is 9.59 Å². The molecule has 0 spiro atoms. The van der Waals surface area contributed by atoms with Gasteiger partial charge in [0.15, 0.2) is 0 Å². The SMILES string of the molecule is C#CCN(CC(=O)O)C(=O)C1CC1c1ccccc1. The van der Waals surface area contributed by atoms with Gasteiger partial charge in [0.1, 0.15) is 6.54 Å². The Hall–Kier alpha value is -2.28. The minimum Gasteiger partial charge on any atom is -0.480 e. The first kappa shape index (κ1) is 13.2. The van der Waals surface area contributed by atoms with Crippen LogP contribution in [0.5, 0.6) is 0 Å². The molecule has 0 heterocycles. The van der Waals surface area contributed by atoms with E-state index < -0.39 is 5.97 Å². The summed E-state index contributed by atoms with van der Waals surface area (Å²) in [7, 11) is 0. The summed E-state index contributed by atoms with van der Waals surface area (Å²) in [5.74, 6) is 1.20. The summed E-state index contributed by atoms with van der Waals surface area (Å²) in [6.07, 6.45) is 5.94. The number of rotatable bonds is 5. The largest absolute Gasteiger partial charge is 0.480 e. The summed E-state index contributed by atoms with van der Waals surface area (Å²) in [4.78, 5) is 24.1. The summed E-state index contributed by atoms with van der Waals surface area (Å²) >= 11 is 0. The Labute approximate surface area is 112 Å². The van der Waals surface area contributed by atoms with Crippen molar-refractivity contribution in [1.29, 1.82) is 0 Å². The molecule has 2 unspecified atom stereocenters. The zero-order valence-corrected chi connectivity index (χ0v) is 10.5. The Balaban J connectivity index is 2.01. The van der Waals surface area contributed by atoms with Gasteiger partial charge in [-0.25, -0.2) is 0 Å². The molecule has 1 N–H and O–H groups in total. The van der Waals surface area contributed by atoms with E-state index in [0.717, 1.165) is 12.0 Å². The Bertz CT molecular complexity index is 518. The lowest BCUT2D eigenvalue weighted by atomic mass is 10.1. The van der Waals surface area contributed by atoms with E-state index in [0.29, 0.717) is 0 Å². The number of hydrogen-bond acceptors (Lipinski definition) is 2. The van der Waals surface area contributed by atoms with E-state index in [1.807, 2.05) is 30.3 Å². The van der Waals surface area contributed by atoms with Gasteiger partial charge in [-0.2, -0.15) is 0 Å². The summed E-state index contributed by atoms with van der Waals surface area (Å²) in [6, 6.07) is 9.77. The van der Waals surface area contributed by atoms with Crippen LogP contribution in [0.15, 0.2) is 30.3 Å². The van der Waals surface area contributed by atoms with Crippen molar-refractivity contribution in [3.8, 4) is 12.3 Å². The van der Waals surface area contributed by atoms with Crippen LogP contribution >= 0.6 is 0 Å². The standard InChI is InChI=1S/C15H15NO3/c1-2-8-16(10-14(17)18)15(19)13-9-12(13)11-6-4-3-5-7-11/h1,3-7,12-13H,8-10H2,(H,17,18). The fourth-order valence-electron chi connectivity index (χ4n) is 2.26. The van der Waals surface area contributed by atoms with Crippen molar-refractivity contribution < 1.29 is 14.7 Å². The predicted octanol–water partition coefficient (Wildman–Crippen LogP) is 1.34. The van der Waals surface area contributed by atoms with Gasteiger partial charge in [0, 0.05) is 5.92 Å². The second kappa shape index (κ2) is 5.57. The van der Waals surface area contributed by atoms with Gasteiger partial charge in [0.2, 0.25) is 5.91 Å².